The van der Waals surface area contributed by atoms with Gasteiger partial charge in [-0.3, -0.25) is 10.3 Å². The van der Waals surface area contributed by atoms with E-state index in [0.29, 0.717) is 27.9 Å². The first-order valence-corrected chi connectivity index (χ1v) is 12.4. The predicted molar refractivity (Wildman–Crippen MR) is 129 cm³/mol. The molecule has 0 saturated heterocycles. The summed E-state index contributed by atoms with van der Waals surface area (Å²) in [5.74, 6) is -0.164. The Morgan fingerprint density at radius 2 is 1.94 bits per heavy atom. The van der Waals surface area contributed by atoms with E-state index in [-0.39, 0.29) is 17.2 Å². The van der Waals surface area contributed by atoms with Gasteiger partial charge in [0.25, 0.3) is 0 Å². The molecule has 4 rings (SSSR count). The standard InChI is InChI=1S/C22H22ClFN6O4S/c1-21(2)19(28-20(31)32)29-22(3,11-35(21,33)25-4)14-7-12(5-6-15(14)24)17-8-16(30-34-17)18-26-9-13(23)10-27-18/h5-10H,11H2,1-4H3,(H,28,29)(H,31,32)/t22-,35?/m0/s1. The smallest absolute Gasteiger partial charge is 0.410 e. The number of aliphatic imine (C=N–C) groups is 1. The molecule has 1 unspecified atom stereocenters. The highest BCUT2D eigenvalue weighted by Crippen LogP contribution is 2.40. The number of rotatable bonds is 3. The number of carbonyl (C=O) groups is 1. The average Bonchev–Trinajstić information content (AvgIpc) is 3.28. The van der Waals surface area contributed by atoms with Gasteiger partial charge in [-0.2, -0.15) is 0 Å². The fourth-order valence-electron chi connectivity index (χ4n) is 3.89. The number of benzene rings is 1. The van der Waals surface area contributed by atoms with Gasteiger partial charge in [0.1, 0.15) is 21.9 Å². The van der Waals surface area contributed by atoms with Crippen LogP contribution in [0.15, 0.2) is 50.5 Å². The zero-order valence-electron chi connectivity index (χ0n) is 19.2. The van der Waals surface area contributed by atoms with Crippen LogP contribution in [0, 0.1) is 5.82 Å². The Hall–Kier alpha value is -3.38. The van der Waals surface area contributed by atoms with Crippen LogP contribution in [0.4, 0.5) is 9.18 Å². The van der Waals surface area contributed by atoms with Crippen LogP contribution in [-0.4, -0.2) is 53.9 Å². The van der Waals surface area contributed by atoms with E-state index in [1.54, 1.807) is 26.8 Å². The van der Waals surface area contributed by atoms with Crippen molar-refractivity contribution in [3.63, 3.8) is 0 Å². The molecule has 2 N–H and O–H groups in total. The number of nitrogens with zero attached hydrogens (tertiary/aromatic N) is 5. The van der Waals surface area contributed by atoms with Crippen LogP contribution in [0.2, 0.25) is 5.02 Å². The molecule has 0 radical (unpaired) electrons. The number of amides is 1. The monoisotopic (exact) mass is 520 g/mol. The zero-order chi connectivity index (χ0) is 25.6. The molecule has 1 aliphatic rings. The fourth-order valence-corrected chi connectivity index (χ4v) is 6.31. The number of nitrogens with one attached hydrogen (secondary N) is 1. The highest BCUT2D eigenvalue weighted by molar-refractivity contribution is 7.95. The van der Waals surface area contributed by atoms with Crippen molar-refractivity contribution in [2.45, 2.75) is 31.1 Å². The van der Waals surface area contributed by atoms with Crippen molar-refractivity contribution in [1.82, 2.24) is 20.4 Å². The lowest BCUT2D eigenvalue weighted by Crippen LogP contribution is -2.57. The molecule has 35 heavy (non-hydrogen) atoms. The van der Waals surface area contributed by atoms with Crippen LogP contribution in [0.3, 0.4) is 0 Å². The second kappa shape index (κ2) is 8.68. The largest absolute Gasteiger partial charge is 0.465 e. The third-order valence-corrected chi connectivity index (χ3v) is 9.44. The Morgan fingerprint density at radius 3 is 2.57 bits per heavy atom. The molecule has 3 aromatic rings. The second-order valence-electron chi connectivity index (χ2n) is 8.64. The molecule has 0 spiro atoms. The van der Waals surface area contributed by atoms with Crippen LogP contribution in [-0.2, 0) is 15.3 Å². The van der Waals surface area contributed by atoms with Gasteiger partial charge in [0.05, 0.1) is 20.5 Å². The molecule has 2 atom stereocenters. The Labute approximate surface area is 205 Å². The van der Waals surface area contributed by atoms with E-state index in [0.717, 1.165) is 0 Å². The molecule has 13 heteroatoms. The molecule has 2 aromatic heterocycles. The molecule has 0 bridgehead atoms. The van der Waals surface area contributed by atoms with Gasteiger partial charge >= 0.3 is 6.09 Å². The summed E-state index contributed by atoms with van der Waals surface area (Å²) in [7, 11) is -1.65. The lowest BCUT2D eigenvalue weighted by atomic mass is 9.91. The predicted octanol–water partition coefficient (Wildman–Crippen LogP) is 4.36. The van der Waals surface area contributed by atoms with E-state index >= 15 is 4.39 Å². The van der Waals surface area contributed by atoms with E-state index in [9.17, 15) is 14.1 Å². The molecule has 3 heterocycles. The van der Waals surface area contributed by atoms with Gasteiger partial charge in [0, 0.05) is 36.6 Å². The quantitative estimate of drug-likeness (QED) is 0.522. The summed E-state index contributed by atoms with van der Waals surface area (Å²) in [5, 5.41) is 15.9. The van der Waals surface area contributed by atoms with Crippen LogP contribution in [0.5, 0.6) is 0 Å². The summed E-state index contributed by atoms with van der Waals surface area (Å²) in [4.78, 5) is 24.2. The molecule has 1 aliphatic heterocycles. The summed E-state index contributed by atoms with van der Waals surface area (Å²) in [6.07, 6.45) is 1.49. The van der Waals surface area contributed by atoms with Crippen molar-refractivity contribution in [1.29, 1.82) is 0 Å². The van der Waals surface area contributed by atoms with Crippen molar-refractivity contribution >= 4 is 33.3 Å². The molecule has 0 saturated carbocycles. The minimum absolute atomic E-state index is 0.0546. The van der Waals surface area contributed by atoms with Gasteiger partial charge in [0.15, 0.2) is 17.3 Å². The number of amidine groups is 1. The van der Waals surface area contributed by atoms with Crippen molar-refractivity contribution < 1.29 is 23.0 Å². The summed E-state index contributed by atoms with van der Waals surface area (Å²) in [6, 6.07) is 5.85. The summed E-state index contributed by atoms with van der Waals surface area (Å²) >= 11 is 5.83. The first kappa shape index (κ1) is 24.7. The number of halogens is 2. The number of hydrogen-bond donors (Lipinski definition) is 2. The molecule has 10 nitrogen and oxygen atoms in total. The Bertz CT molecular complexity index is 1460. The third-order valence-electron chi connectivity index (χ3n) is 5.91. The molecule has 0 fully saturated rings. The van der Waals surface area contributed by atoms with E-state index in [1.807, 2.05) is 0 Å². The number of aromatic nitrogens is 3. The van der Waals surface area contributed by atoms with E-state index < -0.39 is 31.9 Å². The van der Waals surface area contributed by atoms with Crippen molar-refractivity contribution in [3.05, 3.63) is 53.1 Å². The molecular weight excluding hydrogens is 499 g/mol. The van der Waals surface area contributed by atoms with Crippen LogP contribution in [0.25, 0.3) is 22.8 Å². The molecule has 1 amide bonds. The van der Waals surface area contributed by atoms with Gasteiger partial charge in [-0.05, 0) is 39.0 Å². The highest BCUT2D eigenvalue weighted by Gasteiger charge is 2.49. The maximum atomic E-state index is 15.2. The van der Waals surface area contributed by atoms with E-state index in [2.05, 4.69) is 29.8 Å². The summed E-state index contributed by atoms with van der Waals surface area (Å²) in [6.45, 7) is 4.78. The first-order chi connectivity index (χ1) is 16.4. The second-order valence-corrected chi connectivity index (χ2v) is 12.0. The summed E-state index contributed by atoms with van der Waals surface area (Å²) < 4.78 is 37.3. The van der Waals surface area contributed by atoms with Crippen molar-refractivity contribution in [3.8, 4) is 22.8 Å². The molecular formula is C22H22ClFN6O4S. The SMILES string of the molecule is CN=S1(=O)C[C@@](C)(c2cc(-c3cc(-c4ncc(Cl)cn4)no3)ccc2F)N=C(NC(=O)O)C1(C)C. The summed E-state index contributed by atoms with van der Waals surface area (Å²) in [5.41, 5.74) is -0.450. The number of hydrogen-bond acceptors (Lipinski definition) is 8. The van der Waals surface area contributed by atoms with E-state index in [4.69, 9.17) is 16.1 Å². The molecule has 0 aliphatic carbocycles. The molecule has 1 aromatic carbocycles. The number of carboxylic acid groups (broad SMARTS) is 1. The lowest BCUT2D eigenvalue weighted by Gasteiger charge is -2.41. The van der Waals surface area contributed by atoms with Gasteiger partial charge in [-0.1, -0.05) is 16.8 Å². The van der Waals surface area contributed by atoms with Gasteiger partial charge in [0.2, 0.25) is 0 Å². The minimum Gasteiger partial charge on any atom is -0.465 e. The Kier molecular flexibility index (Phi) is 6.14. The van der Waals surface area contributed by atoms with Gasteiger partial charge in [-0.15, -0.1) is 0 Å². The molecule has 184 valence electrons. The van der Waals surface area contributed by atoms with Crippen LogP contribution in [0.1, 0.15) is 26.3 Å². The maximum Gasteiger partial charge on any atom is 0.410 e. The average molecular weight is 521 g/mol. The van der Waals surface area contributed by atoms with E-state index in [1.165, 1.54) is 37.6 Å². The minimum atomic E-state index is -3.05. The Morgan fingerprint density at radius 1 is 1.26 bits per heavy atom. The van der Waals surface area contributed by atoms with Crippen LogP contribution >= 0.6 is 11.6 Å². The zero-order valence-corrected chi connectivity index (χ0v) is 20.8. The fraction of sp³-hybridized carbons (Fsp3) is 0.318. The topological polar surface area (TPSA) is 143 Å². The highest BCUT2D eigenvalue weighted by atomic mass is 35.5. The first-order valence-electron chi connectivity index (χ1n) is 10.4. The maximum absolute atomic E-state index is 15.2. The van der Waals surface area contributed by atoms with Gasteiger partial charge in [-0.25, -0.2) is 27.7 Å². The van der Waals surface area contributed by atoms with Crippen molar-refractivity contribution in [2.24, 2.45) is 9.36 Å². The van der Waals surface area contributed by atoms with Crippen molar-refractivity contribution in [2.75, 3.05) is 12.8 Å². The normalized spacial score (nSPS) is 23.4. The van der Waals surface area contributed by atoms with Crippen LogP contribution < -0.4 is 5.32 Å². The Balaban J connectivity index is 1.81. The van der Waals surface area contributed by atoms with Gasteiger partial charge < -0.3 is 9.63 Å². The third kappa shape index (κ3) is 4.39. The lowest BCUT2D eigenvalue weighted by molar-refractivity contribution is 0.199.